The first-order valence-corrected chi connectivity index (χ1v) is 5.98. The fourth-order valence-electron chi connectivity index (χ4n) is 1.71. The molecule has 1 aromatic carbocycles. The predicted octanol–water partition coefficient (Wildman–Crippen LogP) is 2.76. The minimum Gasteiger partial charge on any atom is -0.497 e. The van der Waals surface area contributed by atoms with Gasteiger partial charge in [0.2, 0.25) is 0 Å². The van der Waals surface area contributed by atoms with E-state index < -0.39 is 6.10 Å². The van der Waals surface area contributed by atoms with Gasteiger partial charge in [0.1, 0.15) is 17.6 Å². The summed E-state index contributed by atoms with van der Waals surface area (Å²) in [7, 11) is 3.16. The van der Waals surface area contributed by atoms with Gasteiger partial charge in [0.15, 0.2) is 5.78 Å². The SMILES string of the molecule is CCCOC(C(C)=O)c1cc(OC)ccc1OC. The molecule has 1 unspecified atom stereocenters. The van der Waals surface area contributed by atoms with E-state index in [-0.39, 0.29) is 5.78 Å². The molecule has 0 heterocycles. The van der Waals surface area contributed by atoms with Crippen LogP contribution in [-0.2, 0) is 9.53 Å². The van der Waals surface area contributed by atoms with E-state index in [1.807, 2.05) is 6.92 Å². The van der Waals surface area contributed by atoms with Gasteiger partial charge < -0.3 is 14.2 Å². The zero-order chi connectivity index (χ0) is 13.5. The third-order valence-corrected chi connectivity index (χ3v) is 2.58. The van der Waals surface area contributed by atoms with Crippen LogP contribution in [0.15, 0.2) is 18.2 Å². The van der Waals surface area contributed by atoms with Crippen LogP contribution < -0.4 is 9.47 Å². The van der Waals surface area contributed by atoms with Crippen LogP contribution in [0.1, 0.15) is 31.9 Å². The van der Waals surface area contributed by atoms with Gasteiger partial charge in [-0.05, 0) is 31.5 Å². The van der Waals surface area contributed by atoms with Crippen LogP contribution >= 0.6 is 0 Å². The Morgan fingerprint density at radius 1 is 1.28 bits per heavy atom. The van der Waals surface area contributed by atoms with Crippen molar-refractivity contribution < 1.29 is 19.0 Å². The predicted molar refractivity (Wildman–Crippen MR) is 69.2 cm³/mol. The fourth-order valence-corrected chi connectivity index (χ4v) is 1.71. The van der Waals surface area contributed by atoms with E-state index in [0.717, 1.165) is 6.42 Å². The average Bonchev–Trinajstić information content (AvgIpc) is 2.38. The van der Waals surface area contributed by atoms with Gasteiger partial charge in [-0.15, -0.1) is 0 Å². The second-order valence-corrected chi connectivity index (χ2v) is 3.97. The van der Waals surface area contributed by atoms with Gasteiger partial charge >= 0.3 is 0 Å². The summed E-state index contributed by atoms with van der Waals surface area (Å²) < 4.78 is 16.0. The Bertz CT molecular complexity index is 401. The zero-order valence-corrected chi connectivity index (χ0v) is 11.4. The molecule has 0 aliphatic heterocycles. The summed E-state index contributed by atoms with van der Waals surface area (Å²) in [5.74, 6) is 1.26. The molecule has 0 N–H and O–H groups in total. The molecule has 0 aliphatic carbocycles. The van der Waals surface area contributed by atoms with Crippen molar-refractivity contribution in [3.8, 4) is 11.5 Å². The summed E-state index contributed by atoms with van der Waals surface area (Å²) in [4.78, 5) is 11.7. The molecule has 4 nitrogen and oxygen atoms in total. The van der Waals surface area contributed by atoms with E-state index >= 15 is 0 Å². The molecule has 0 fully saturated rings. The average molecular weight is 252 g/mol. The molecule has 4 heteroatoms. The molecule has 0 amide bonds. The largest absolute Gasteiger partial charge is 0.497 e. The number of rotatable bonds is 7. The van der Waals surface area contributed by atoms with Crippen molar-refractivity contribution in [2.75, 3.05) is 20.8 Å². The molecule has 0 spiro atoms. The highest BCUT2D eigenvalue weighted by Gasteiger charge is 2.22. The summed E-state index contributed by atoms with van der Waals surface area (Å²) in [5, 5.41) is 0. The number of benzene rings is 1. The first-order valence-electron chi connectivity index (χ1n) is 5.98. The van der Waals surface area contributed by atoms with Crippen LogP contribution in [0, 0.1) is 0 Å². The Kier molecular flexibility index (Phi) is 5.65. The van der Waals surface area contributed by atoms with Crippen molar-refractivity contribution in [2.24, 2.45) is 0 Å². The third kappa shape index (κ3) is 3.47. The van der Waals surface area contributed by atoms with Gasteiger partial charge in [0.05, 0.1) is 14.2 Å². The molecule has 1 aromatic rings. The molecule has 0 aromatic heterocycles. The van der Waals surface area contributed by atoms with Crippen LogP contribution in [0.25, 0.3) is 0 Å². The number of ether oxygens (including phenoxy) is 3. The number of hydrogen-bond acceptors (Lipinski definition) is 4. The maximum absolute atomic E-state index is 11.7. The number of hydrogen-bond donors (Lipinski definition) is 0. The van der Waals surface area contributed by atoms with Crippen molar-refractivity contribution in [1.29, 1.82) is 0 Å². The number of ketones is 1. The number of carbonyl (C=O) groups is 1. The normalized spacial score (nSPS) is 12.0. The Balaban J connectivity index is 3.11. The van der Waals surface area contributed by atoms with Gasteiger partial charge in [-0.1, -0.05) is 6.92 Å². The van der Waals surface area contributed by atoms with Crippen LogP contribution in [0.5, 0.6) is 11.5 Å². The van der Waals surface area contributed by atoms with Crippen molar-refractivity contribution in [3.05, 3.63) is 23.8 Å². The Hall–Kier alpha value is -1.55. The molecule has 0 saturated carbocycles. The minimum atomic E-state index is -0.602. The quantitative estimate of drug-likeness (QED) is 0.748. The maximum atomic E-state index is 11.7. The molecule has 0 saturated heterocycles. The van der Waals surface area contributed by atoms with E-state index in [0.29, 0.717) is 23.7 Å². The fraction of sp³-hybridized carbons (Fsp3) is 0.500. The van der Waals surface area contributed by atoms with Crippen molar-refractivity contribution in [2.45, 2.75) is 26.4 Å². The van der Waals surface area contributed by atoms with Crippen LogP contribution in [0.2, 0.25) is 0 Å². The summed E-state index contributed by atoms with van der Waals surface area (Å²) in [6, 6.07) is 5.35. The van der Waals surface area contributed by atoms with Gasteiger partial charge in [-0.25, -0.2) is 0 Å². The highest BCUT2D eigenvalue weighted by atomic mass is 16.5. The maximum Gasteiger partial charge on any atom is 0.163 e. The molecule has 0 aliphatic rings. The molecule has 0 bridgehead atoms. The lowest BCUT2D eigenvalue weighted by molar-refractivity contribution is -0.128. The minimum absolute atomic E-state index is 0.0463. The second kappa shape index (κ2) is 7.01. The summed E-state index contributed by atoms with van der Waals surface area (Å²) in [6.45, 7) is 4.05. The Morgan fingerprint density at radius 2 is 2.00 bits per heavy atom. The standard InChI is InChI=1S/C14H20O4/c1-5-8-18-14(10(2)15)12-9-11(16-3)6-7-13(12)17-4/h6-7,9,14H,5,8H2,1-4H3. The smallest absolute Gasteiger partial charge is 0.163 e. The molecule has 0 radical (unpaired) electrons. The summed E-state index contributed by atoms with van der Waals surface area (Å²) in [5.41, 5.74) is 0.706. The van der Waals surface area contributed by atoms with Gasteiger partial charge in [-0.3, -0.25) is 4.79 Å². The lowest BCUT2D eigenvalue weighted by atomic mass is 10.0. The van der Waals surface area contributed by atoms with Gasteiger partial charge in [0, 0.05) is 12.2 Å². The van der Waals surface area contributed by atoms with E-state index in [9.17, 15) is 4.79 Å². The highest BCUT2D eigenvalue weighted by molar-refractivity contribution is 5.83. The van der Waals surface area contributed by atoms with E-state index in [4.69, 9.17) is 14.2 Å². The Morgan fingerprint density at radius 3 is 2.50 bits per heavy atom. The molecular weight excluding hydrogens is 232 g/mol. The van der Waals surface area contributed by atoms with E-state index in [2.05, 4.69) is 0 Å². The monoisotopic (exact) mass is 252 g/mol. The van der Waals surface area contributed by atoms with Gasteiger partial charge in [-0.2, -0.15) is 0 Å². The van der Waals surface area contributed by atoms with Crippen molar-refractivity contribution in [1.82, 2.24) is 0 Å². The van der Waals surface area contributed by atoms with Crippen LogP contribution in [-0.4, -0.2) is 26.6 Å². The topological polar surface area (TPSA) is 44.8 Å². The van der Waals surface area contributed by atoms with Crippen molar-refractivity contribution >= 4 is 5.78 Å². The number of carbonyl (C=O) groups excluding carboxylic acids is 1. The first kappa shape index (κ1) is 14.5. The third-order valence-electron chi connectivity index (χ3n) is 2.58. The lowest BCUT2D eigenvalue weighted by Gasteiger charge is -2.18. The lowest BCUT2D eigenvalue weighted by Crippen LogP contribution is -2.14. The summed E-state index contributed by atoms with van der Waals surface area (Å²) >= 11 is 0. The van der Waals surface area contributed by atoms with Crippen LogP contribution in [0.3, 0.4) is 0 Å². The molecule has 1 rings (SSSR count). The van der Waals surface area contributed by atoms with Crippen molar-refractivity contribution in [3.63, 3.8) is 0 Å². The molecule has 1 atom stereocenters. The molecule has 18 heavy (non-hydrogen) atoms. The first-order chi connectivity index (χ1) is 8.63. The second-order valence-electron chi connectivity index (χ2n) is 3.97. The van der Waals surface area contributed by atoms with Gasteiger partial charge in [0.25, 0.3) is 0 Å². The van der Waals surface area contributed by atoms with Crippen LogP contribution in [0.4, 0.5) is 0 Å². The molecular formula is C14H20O4. The van der Waals surface area contributed by atoms with E-state index in [1.165, 1.54) is 6.92 Å². The number of Topliss-reactive ketones (excluding diaryl/α,β-unsaturated/α-hetero) is 1. The zero-order valence-electron chi connectivity index (χ0n) is 11.4. The number of methoxy groups -OCH3 is 2. The summed E-state index contributed by atoms with van der Waals surface area (Å²) in [6.07, 6.45) is 0.255. The Labute approximate surface area is 108 Å². The van der Waals surface area contributed by atoms with E-state index in [1.54, 1.807) is 32.4 Å². The highest BCUT2D eigenvalue weighted by Crippen LogP contribution is 2.32. The molecule has 100 valence electrons.